The summed E-state index contributed by atoms with van der Waals surface area (Å²) in [6, 6.07) is 10.3. The van der Waals surface area contributed by atoms with Gasteiger partial charge >= 0.3 is 0 Å². The number of ether oxygens (including phenoxy) is 2. The van der Waals surface area contributed by atoms with Crippen LogP contribution in [-0.2, 0) is 9.59 Å². The summed E-state index contributed by atoms with van der Waals surface area (Å²) in [6.07, 6.45) is 1.57. The number of hydrogen-bond acceptors (Lipinski definition) is 6. The molecule has 156 valence electrons. The minimum absolute atomic E-state index is 0.209. The Hall–Kier alpha value is -2.30. The van der Waals surface area contributed by atoms with E-state index in [0.29, 0.717) is 27.2 Å². The molecule has 0 saturated carbocycles. The highest BCUT2D eigenvalue weighted by atomic mass is 79.9. The summed E-state index contributed by atoms with van der Waals surface area (Å²) in [5.41, 5.74) is 1.15. The first kappa shape index (κ1) is 22.4. The van der Waals surface area contributed by atoms with E-state index in [1.807, 2.05) is 6.07 Å². The fourth-order valence-corrected chi connectivity index (χ4v) is 4.95. The van der Waals surface area contributed by atoms with Gasteiger partial charge in [-0.1, -0.05) is 15.9 Å². The number of nitrogens with one attached hydrogen (secondary N) is 1. The van der Waals surface area contributed by atoms with E-state index in [1.165, 1.54) is 7.11 Å². The lowest BCUT2D eigenvalue weighted by atomic mass is 10.2. The highest BCUT2D eigenvalue weighted by molar-refractivity contribution is 9.11. The maximum Gasteiger partial charge on any atom is 0.294 e. The Kier molecular flexibility index (Phi) is 7.22. The first-order chi connectivity index (χ1) is 14.3. The van der Waals surface area contributed by atoms with E-state index in [2.05, 4.69) is 37.2 Å². The first-order valence-electron chi connectivity index (χ1n) is 8.54. The molecule has 0 aliphatic carbocycles. The maximum absolute atomic E-state index is 12.7. The smallest absolute Gasteiger partial charge is 0.294 e. The number of hydrogen-bond donors (Lipinski definition) is 1. The van der Waals surface area contributed by atoms with Gasteiger partial charge in [0.15, 0.2) is 0 Å². The number of nitrogens with zero attached hydrogens (tertiary/aromatic N) is 1. The summed E-state index contributed by atoms with van der Waals surface area (Å²) in [7, 11) is 3.06. The van der Waals surface area contributed by atoms with Gasteiger partial charge in [-0.25, -0.2) is 0 Å². The Morgan fingerprint density at radius 2 is 1.83 bits per heavy atom. The molecular weight excluding hydrogens is 540 g/mol. The van der Waals surface area contributed by atoms with Crippen LogP contribution >= 0.6 is 43.6 Å². The molecule has 3 rings (SSSR count). The number of anilines is 1. The van der Waals surface area contributed by atoms with Gasteiger partial charge in [-0.15, -0.1) is 0 Å². The van der Waals surface area contributed by atoms with Gasteiger partial charge in [-0.2, -0.15) is 0 Å². The Morgan fingerprint density at radius 1 is 1.13 bits per heavy atom. The van der Waals surface area contributed by atoms with E-state index in [1.54, 1.807) is 43.5 Å². The highest BCUT2D eigenvalue weighted by Crippen LogP contribution is 2.38. The Bertz CT molecular complexity index is 1040. The number of thioether (sulfide) groups is 1. The van der Waals surface area contributed by atoms with Crippen LogP contribution in [0.2, 0.25) is 0 Å². The molecule has 2 aromatic carbocycles. The Morgan fingerprint density at radius 3 is 2.47 bits per heavy atom. The SMILES string of the molecule is COc1ccc(NC(=O)CN2C(=O)S/C(=C/c3cc(Br)cc(Br)c3OC)C2=O)cc1. The van der Waals surface area contributed by atoms with Crippen LogP contribution < -0.4 is 14.8 Å². The molecule has 0 aromatic heterocycles. The zero-order valence-electron chi connectivity index (χ0n) is 15.9. The van der Waals surface area contributed by atoms with Crippen molar-refractivity contribution in [3.63, 3.8) is 0 Å². The van der Waals surface area contributed by atoms with Crippen LogP contribution in [0.4, 0.5) is 10.5 Å². The van der Waals surface area contributed by atoms with E-state index >= 15 is 0 Å². The van der Waals surface area contributed by atoms with Gasteiger partial charge in [-0.3, -0.25) is 19.3 Å². The fourth-order valence-electron chi connectivity index (χ4n) is 2.70. The second-order valence-electron chi connectivity index (χ2n) is 6.05. The molecule has 0 spiro atoms. The van der Waals surface area contributed by atoms with Crippen LogP contribution in [0.3, 0.4) is 0 Å². The number of methoxy groups -OCH3 is 2. The molecule has 1 saturated heterocycles. The third-order valence-corrected chi connectivity index (χ3v) is 6.03. The number of amides is 3. The molecule has 3 amide bonds. The van der Waals surface area contributed by atoms with Crippen molar-refractivity contribution in [2.75, 3.05) is 26.1 Å². The lowest BCUT2D eigenvalue weighted by Crippen LogP contribution is -2.36. The molecule has 30 heavy (non-hydrogen) atoms. The maximum atomic E-state index is 12.7. The van der Waals surface area contributed by atoms with Crippen LogP contribution in [0.5, 0.6) is 11.5 Å². The number of benzene rings is 2. The molecule has 0 bridgehead atoms. The second-order valence-corrected chi connectivity index (χ2v) is 8.82. The molecule has 1 aliphatic heterocycles. The summed E-state index contributed by atoms with van der Waals surface area (Å²) in [6.45, 7) is -0.382. The zero-order chi connectivity index (χ0) is 21.8. The molecule has 0 unspecified atom stereocenters. The van der Waals surface area contributed by atoms with Gasteiger partial charge < -0.3 is 14.8 Å². The number of rotatable bonds is 6. The van der Waals surface area contributed by atoms with Gasteiger partial charge in [0.25, 0.3) is 11.1 Å². The molecule has 10 heteroatoms. The third kappa shape index (κ3) is 5.05. The second kappa shape index (κ2) is 9.67. The normalized spacial score (nSPS) is 14.9. The molecule has 0 atom stereocenters. The number of carbonyl (C=O) groups is 3. The number of imide groups is 1. The summed E-state index contributed by atoms with van der Waals surface area (Å²) in [5, 5.41) is 2.15. The molecule has 0 radical (unpaired) electrons. The average Bonchev–Trinajstić information content (AvgIpc) is 2.95. The Balaban J connectivity index is 1.74. The van der Waals surface area contributed by atoms with Crippen molar-refractivity contribution in [1.82, 2.24) is 4.90 Å². The van der Waals surface area contributed by atoms with Gasteiger partial charge in [0, 0.05) is 15.7 Å². The average molecular weight is 556 g/mol. The minimum atomic E-state index is -0.534. The number of halogens is 2. The molecule has 1 N–H and O–H groups in total. The number of carbonyl (C=O) groups excluding carboxylic acids is 3. The van der Waals surface area contributed by atoms with Crippen LogP contribution in [-0.4, -0.2) is 42.7 Å². The van der Waals surface area contributed by atoms with Crippen LogP contribution in [0.1, 0.15) is 5.56 Å². The molecule has 2 aromatic rings. The van der Waals surface area contributed by atoms with Crippen LogP contribution in [0.25, 0.3) is 6.08 Å². The van der Waals surface area contributed by atoms with Gasteiger partial charge in [0.2, 0.25) is 5.91 Å². The standard InChI is InChI=1S/C20H16Br2N2O5S/c1-28-14-5-3-13(4-6-14)23-17(25)10-24-19(26)16(30-20(24)27)8-11-7-12(21)9-15(22)18(11)29-2/h3-9H,10H2,1-2H3,(H,23,25)/b16-8+. The van der Waals surface area contributed by atoms with E-state index in [9.17, 15) is 14.4 Å². The molecule has 1 fully saturated rings. The zero-order valence-corrected chi connectivity index (χ0v) is 19.9. The van der Waals surface area contributed by atoms with Crippen molar-refractivity contribution < 1.29 is 23.9 Å². The molecule has 7 nitrogen and oxygen atoms in total. The van der Waals surface area contributed by atoms with Crippen molar-refractivity contribution in [2.45, 2.75) is 0 Å². The lowest BCUT2D eigenvalue weighted by molar-refractivity contribution is -0.127. The van der Waals surface area contributed by atoms with Crippen molar-refractivity contribution in [3.05, 3.63) is 55.8 Å². The summed E-state index contributed by atoms with van der Waals surface area (Å²) >= 11 is 7.58. The third-order valence-electron chi connectivity index (χ3n) is 4.08. The molecule has 1 aliphatic rings. The summed E-state index contributed by atoms with van der Waals surface area (Å²) < 4.78 is 11.9. The monoisotopic (exact) mass is 554 g/mol. The fraction of sp³-hybridized carbons (Fsp3) is 0.150. The van der Waals surface area contributed by atoms with E-state index in [0.717, 1.165) is 21.1 Å². The van der Waals surface area contributed by atoms with Crippen molar-refractivity contribution in [3.8, 4) is 11.5 Å². The van der Waals surface area contributed by atoms with E-state index in [4.69, 9.17) is 9.47 Å². The minimum Gasteiger partial charge on any atom is -0.497 e. The lowest BCUT2D eigenvalue weighted by Gasteiger charge is -2.13. The van der Waals surface area contributed by atoms with Crippen LogP contribution in [0.15, 0.2) is 50.2 Å². The van der Waals surface area contributed by atoms with Crippen molar-refractivity contribution in [2.24, 2.45) is 0 Å². The topological polar surface area (TPSA) is 84.9 Å². The quantitative estimate of drug-likeness (QED) is 0.510. The van der Waals surface area contributed by atoms with Crippen LogP contribution in [0, 0.1) is 0 Å². The molecule has 1 heterocycles. The summed E-state index contributed by atoms with van der Waals surface area (Å²) in [5.74, 6) is 0.167. The van der Waals surface area contributed by atoms with Crippen molar-refractivity contribution >= 4 is 72.4 Å². The predicted molar refractivity (Wildman–Crippen MR) is 123 cm³/mol. The highest BCUT2D eigenvalue weighted by Gasteiger charge is 2.36. The molecular formula is C20H16Br2N2O5S. The first-order valence-corrected chi connectivity index (χ1v) is 10.9. The van der Waals surface area contributed by atoms with E-state index in [-0.39, 0.29) is 11.4 Å². The van der Waals surface area contributed by atoms with Gasteiger partial charge in [0.05, 0.1) is 23.6 Å². The predicted octanol–water partition coefficient (Wildman–Crippen LogP) is 4.90. The largest absolute Gasteiger partial charge is 0.497 e. The van der Waals surface area contributed by atoms with Gasteiger partial charge in [0.1, 0.15) is 18.0 Å². The summed E-state index contributed by atoms with van der Waals surface area (Å²) in [4.78, 5) is 38.5. The Labute approximate surface area is 194 Å². The van der Waals surface area contributed by atoms with Gasteiger partial charge in [-0.05, 0) is 70.2 Å². The van der Waals surface area contributed by atoms with Crippen molar-refractivity contribution in [1.29, 1.82) is 0 Å². The van der Waals surface area contributed by atoms with E-state index < -0.39 is 17.1 Å².